The highest BCUT2D eigenvalue weighted by Gasteiger charge is 2.25. The molecule has 0 bridgehead atoms. The van der Waals surface area contributed by atoms with E-state index in [-0.39, 0.29) is 5.91 Å². The second kappa shape index (κ2) is 9.35. The van der Waals surface area contributed by atoms with Crippen LogP contribution in [0.1, 0.15) is 37.5 Å². The zero-order valence-corrected chi connectivity index (χ0v) is 17.2. The van der Waals surface area contributed by atoms with Gasteiger partial charge in [0.25, 0.3) is 0 Å². The number of piperidine rings is 1. The van der Waals surface area contributed by atoms with Crippen molar-refractivity contribution in [1.82, 2.24) is 25.0 Å². The van der Waals surface area contributed by atoms with E-state index in [1.54, 1.807) is 0 Å². The molecule has 2 aliphatic heterocycles. The van der Waals surface area contributed by atoms with Crippen molar-refractivity contribution in [2.75, 3.05) is 44.2 Å². The van der Waals surface area contributed by atoms with Crippen LogP contribution < -0.4 is 4.90 Å². The van der Waals surface area contributed by atoms with Crippen LogP contribution in [0.2, 0.25) is 0 Å². The van der Waals surface area contributed by atoms with Crippen molar-refractivity contribution >= 4 is 11.7 Å². The lowest BCUT2D eigenvalue weighted by Crippen LogP contribution is -2.49. The maximum atomic E-state index is 12.7. The van der Waals surface area contributed by atoms with Gasteiger partial charge in [-0.2, -0.15) is 0 Å². The SMILES string of the molecule is Cc1nnc(CN2CCC[C@@H](CCC(=O)N3CCN(c4ccccn4)CC3)C2)o1. The number of hydrogen-bond donors (Lipinski definition) is 0. The number of carbonyl (C=O) groups is 1. The number of aryl methyl sites for hydroxylation is 1. The molecule has 2 aliphatic rings. The molecule has 156 valence electrons. The van der Waals surface area contributed by atoms with E-state index < -0.39 is 0 Å². The Kier molecular flexibility index (Phi) is 6.39. The second-order valence-electron chi connectivity index (χ2n) is 8.05. The van der Waals surface area contributed by atoms with E-state index in [0.29, 0.717) is 30.7 Å². The molecule has 2 aromatic rings. The van der Waals surface area contributed by atoms with Crippen molar-refractivity contribution in [3.63, 3.8) is 0 Å². The van der Waals surface area contributed by atoms with E-state index in [1.165, 1.54) is 6.42 Å². The van der Waals surface area contributed by atoms with Gasteiger partial charge < -0.3 is 14.2 Å². The molecule has 8 nitrogen and oxygen atoms in total. The quantitative estimate of drug-likeness (QED) is 0.737. The van der Waals surface area contributed by atoms with E-state index in [2.05, 4.69) is 25.0 Å². The van der Waals surface area contributed by atoms with Gasteiger partial charge >= 0.3 is 0 Å². The summed E-state index contributed by atoms with van der Waals surface area (Å²) < 4.78 is 5.51. The maximum Gasteiger partial charge on any atom is 0.230 e. The molecular weight excluding hydrogens is 368 g/mol. The van der Waals surface area contributed by atoms with E-state index in [4.69, 9.17) is 4.42 Å². The number of hydrogen-bond acceptors (Lipinski definition) is 7. The number of aromatic nitrogens is 3. The van der Waals surface area contributed by atoms with Crippen LogP contribution in [0.5, 0.6) is 0 Å². The Morgan fingerprint density at radius 1 is 1.17 bits per heavy atom. The summed E-state index contributed by atoms with van der Waals surface area (Å²) in [5, 5.41) is 8.01. The molecule has 0 unspecified atom stereocenters. The molecule has 2 fully saturated rings. The van der Waals surface area contributed by atoms with Crippen LogP contribution in [0, 0.1) is 12.8 Å². The van der Waals surface area contributed by atoms with Crippen molar-refractivity contribution in [2.24, 2.45) is 5.92 Å². The van der Waals surface area contributed by atoms with Crippen LogP contribution in [0.4, 0.5) is 5.82 Å². The summed E-state index contributed by atoms with van der Waals surface area (Å²) in [7, 11) is 0. The molecule has 1 atom stereocenters. The summed E-state index contributed by atoms with van der Waals surface area (Å²) in [6.45, 7) is 7.85. The third-order valence-corrected chi connectivity index (χ3v) is 5.90. The van der Waals surface area contributed by atoms with Crippen molar-refractivity contribution in [3.8, 4) is 0 Å². The van der Waals surface area contributed by atoms with Gasteiger partial charge in [0.15, 0.2) is 0 Å². The van der Waals surface area contributed by atoms with Crippen LogP contribution in [0.15, 0.2) is 28.8 Å². The molecule has 0 aromatic carbocycles. The summed E-state index contributed by atoms with van der Waals surface area (Å²) in [6.07, 6.45) is 5.77. The summed E-state index contributed by atoms with van der Waals surface area (Å²) in [4.78, 5) is 23.8. The molecule has 0 N–H and O–H groups in total. The second-order valence-corrected chi connectivity index (χ2v) is 8.05. The van der Waals surface area contributed by atoms with Crippen LogP contribution in [-0.4, -0.2) is 70.2 Å². The predicted molar refractivity (Wildman–Crippen MR) is 109 cm³/mol. The summed E-state index contributed by atoms with van der Waals surface area (Å²) >= 11 is 0. The molecule has 29 heavy (non-hydrogen) atoms. The normalized spacial score (nSPS) is 20.8. The average Bonchev–Trinajstić information content (AvgIpc) is 3.17. The number of piperazine rings is 1. The first kappa shape index (κ1) is 19.8. The van der Waals surface area contributed by atoms with Crippen molar-refractivity contribution in [3.05, 3.63) is 36.2 Å². The Morgan fingerprint density at radius 2 is 2.03 bits per heavy atom. The Hall–Kier alpha value is -2.48. The standard InChI is InChI=1S/C21H30N6O2/c1-17-23-24-20(29-17)16-25-10-4-5-18(15-25)7-8-21(28)27-13-11-26(12-14-27)19-6-2-3-9-22-19/h2-3,6,9,18H,4-5,7-8,10-16H2,1H3/t18-/m0/s1. The molecule has 0 radical (unpaired) electrons. The third-order valence-electron chi connectivity index (χ3n) is 5.90. The fourth-order valence-electron chi connectivity index (χ4n) is 4.33. The first-order chi connectivity index (χ1) is 14.2. The summed E-state index contributed by atoms with van der Waals surface area (Å²) in [5.74, 6) is 3.15. The predicted octanol–water partition coefficient (Wildman–Crippen LogP) is 2.11. The molecule has 2 saturated heterocycles. The zero-order chi connectivity index (χ0) is 20.1. The van der Waals surface area contributed by atoms with Crippen LogP contribution in [0.3, 0.4) is 0 Å². The Labute approximate surface area is 171 Å². The zero-order valence-electron chi connectivity index (χ0n) is 17.2. The minimum atomic E-state index is 0.287. The van der Waals surface area contributed by atoms with Crippen LogP contribution >= 0.6 is 0 Å². The lowest BCUT2D eigenvalue weighted by molar-refractivity contribution is -0.131. The number of nitrogens with zero attached hydrogens (tertiary/aromatic N) is 6. The number of carbonyl (C=O) groups excluding carboxylic acids is 1. The molecule has 4 rings (SSSR count). The fraction of sp³-hybridized carbons (Fsp3) is 0.619. The topological polar surface area (TPSA) is 78.6 Å². The highest BCUT2D eigenvalue weighted by molar-refractivity contribution is 5.76. The Morgan fingerprint density at radius 3 is 2.76 bits per heavy atom. The van der Waals surface area contributed by atoms with Gasteiger partial charge in [0.05, 0.1) is 6.54 Å². The van der Waals surface area contributed by atoms with Gasteiger partial charge in [0.1, 0.15) is 5.82 Å². The number of likely N-dealkylation sites (tertiary alicyclic amines) is 1. The number of rotatable bonds is 6. The molecule has 0 aliphatic carbocycles. The van der Waals surface area contributed by atoms with Gasteiger partial charge in [0.2, 0.25) is 17.7 Å². The van der Waals surface area contributed by atoms with Gasteiger partial charge in [-0.3, -0.25) is 9.69 Å². The molecule has 4 heterocycles. The molecule has 8 heteroatoms. The summed E-state index contributed by atoms with van der Waals surface area (Å²) in [6, 6.07) is 5.97. The highest BCUT2D eigenvalue weighted by Crippen LogP contribution is 2.23. The molecular formula is C21H30N6O2. The van der Waals surface area contributed by atoms with Gasteiger partial charge in [-0.15, -0.1) is 10.2 Å². The Bertz CT molecular complexity index is 787. The Balaban J connectivity index is 1.19. The summed E-state index contributed by atoms with van der Waals surface area (Å²) in [5.41, 5.74) is 0. The third kappa shape index (κ3) is 5.32. The minimum absolute atomic E-state index is 0.287. The van der Waals surface area contributed by atoms with Gasteiger partial charge in [-0.25, -0.2) is 4.98 Å². The first-order valence-corrected chi connectivity index (χ1v) is 10.6. The molecule has 2 aromatic heterocycles. The lowest BCUT2D eigenvalue weighted by Gasteiger charge is -2.36. The van der Waals surface area contributed by atoms with E-state index in [1.807, 2.05) is 36.2 Å². The van der Waals surface area contributed by atoms with E-state index >= 15 is 0 Å². The molecule has 0 saturated carbocycles. The highest BCUT2D eigenvalue weighted by atomic mass is 16.4. The smallest absolute Gasteiger partial charge is 0.230 e. The van der Waals surface area contributed by atoms with E-state index in [9.17, 15) is 4.79 Å². The number of anilines is 1. The fourth-order valence-corrected chi connectivity index (χ4v) is 4.33. The average molecular weight is 399 g/mol. The molecule has 1 amide bonds. The number of amides is 1. The van der Waals surface area contributed by atoms with Crippen LogP contribution in [0.25, 0.3) is 0 Å². The van der Waals surface area contributed by atoms with Crippen molar-refractivity contribution in [2.45, 2.75) is 39.2 Å². The monoisotopic (exact) mass is 398 g/mol. The van der Waals surface area contributed by atoms with Crippen molar-refractivity contribution < 1.29 is 9.21 Å². The largest absolute Gasteiger partial charge is 0.424 e. The minimum Gasteiger partial charge on any atom is -0.424 e. The first-order valence-electron chi connectivity index (χ1n) is 10.6. The van der Waals surface area contributed by atoms with Crippen LogP contribution in [-0.2, 0) is 11.3 Å². The maximum absolute atomic E-state index is 12.7. The lowest BCUT2D eigenvalue weighted by atomic mass is 9.93. The van der Waals surface area contributed by atoms with Gasteiger partial charge in [0, 0.05) is 52.3 Å². The van der Waals surface area contributed by atoms with Gasteiger partial charge in [-0.1, -0.05) is 6.07 Å². The van der Waals surface area contributed by atoms with Gasteiger partial charge in [-0.05, 0) is 43.9 Å². The molecule has 0 spiro atoms. The van der Waals surface area contributed by atoms with E-state index in [0.717, 1.165) is 57.9 Å². The number of pyridine rings is 1. The van der Waals surface area contributed by atoms with Crippen molar-refractivity contribution in [1.29, 1.82) is 0 Å².